The first kappa shape index (κ1) is 13.7. The molecule has 1 aromatic carbocycles. The molecule has 0 aliphatic carbocycles. The Kier molecular flexibility index (Phi) is 6.33. The number of rotatable bonds is 7. The SMILES string of the molecule is CCOC(=O)CC[C@@H](O)CCc1ccccc1. The third-order valence-corrected chi connectivity index (χ3v) is 2.60. The summed E-state index contributed by atoms with van der Waals surface area (Å²) in [7, 11) is 0. The second kappa shape index (κ2) is 7.85. The number of aliphatic hydroxyl groups excluding tert-OH is 1. The van der Waals surface area contributed by atoms with E-state index in [1.54, 1.807) is 6.92 Å². The van der Waals surface area contributed by atoms with Crippen molar-refractivity contribution in [1.29, 1.82) is 0 Å². The molecule has 0 fully saturated rings. The van der Waals surface area contributed by atoms with Crippen LogP contribution in [0.3, 0.4) is 0 Å². The molecule has 0 aliphatic heterocycles. The van der Waals surface area contributed by atoms with Gasteiger partial charge < -0.3 is 9.84 Å². The van der Waals surface area contributed by atoms with Crippen LogP contribution < -0.4 is 0 Å². The zero-order chi connectivity index (χ0) is 12.5. The maximum absolute atomic E-state index is 11.1. The Morgan fingerprint density at radius 3 is 2.65 bits per heavy atom. The lowest BCUT2D eigenvalue weighted by molar-refractivity contribution is -0.143. The fourth-order valence-electron chi connectivity index (χ4n) is 1.64. The predicted molar refractivity (Wildman–Crippen MR) is 66.6 cm³/mol. The number of benzene rings is 1. The zero-order valence-corrected chi connectivity index (χ0v) is 10.3. The normalized spacial score (nSPS) is 12.1. The largest absolute Gasteiger partial charge is 0.466 e. The molecule has 0 saturated carbocycles. The van der Waals surface area contributed by atoms with Crippen LogP contribution in [0, 0.1) is 0 Å². The van der Waals surface area contributed by atoms with Gasteiger partial charge in [0.2, 0.25) is 0 Å². The van der Waals surface area contributed by atoms with Gasteiger partial charge in [-0.25, -0.2) is 0 Å². The first-order valence-electron chi connectivity index (χ1n) is 6.10. The van der Waals surface area contributed by atoms with Crippen molar-refractivity contribution >= 4 is 5.97 Å². The van der Waals surface area contributed by atoms with E-state index in [1.165, 1.54) is 5.56 Å². The molecule has 0 amide bonds. The van der Waals surface area contributed by atoms with Crippen molar-refractivity contribution in [3.05, 3.63) is 35.9 Å². The molecule has 1 rings (SSSR count). The number of carbonyl (C=O) groups is 1. The van der Waals surface area contributed by atoms with E-state index in [2.05, 4.69) is 0 Å². The van der Waals surface area contributed by atoms with E-state index in [0.29, 0.717) is 25.9 Å². The Balaban J connectivity index is 2.17. The Bertz CT molecular complexity index is 321. The number of ether oxygens (including phenoxy) is 1. The highest BCUT2D eigenvalue weighted by Crippen LogP contribution is 2.09. The lowest BCUT2D eigenvalue weighted by atomic mass is 10.0. The van der Waals surface area contributed by atoms with Crippen molar-refractivity contribution in [2.75, 3.05) is 6.61 Å². The summed E-state index contributed by atoms with van der Waals surface area (Å²) in [5.41, 5.74) is 1.21. The highest BCUT2D eigenvalue weighted by atomic mass is 16.5. The number of aliphatic hydroxyl groups is 1. The fourth-order valence-corrected chi connectivity index (χ4v) is 1.64. The molecule has 0 unspecified atom stereocenters. The fraction of sp³-hybridized carbons (Fsp3) is 0.500. The van der Waals surface area contributed by atoms with E-state index in [4.69, 9.17) is 4.74 Å². The average Bonchev–Trinajstić information content (AvgIpc) is 2.35. The molecule has 1 atom stereocenters. The van der Waals surface area contributed by atoms with Gasteiger partial charge in [0.25, 0.3) is 0 Å². The third-order valence-electron chi connectivity index (χ3n) is 2.60. The van der Waals surface area contributed by atoms with E-state index in [1.807, 2.05) is 30.3 Å². The monoisotopic (exact) mass is 236 g/mol. The van der Waals surface area contributed by atoms with Crippen molar-refractivity contribution in [1.82, 2.24) is 0 Å². The van der Waals surface area contributed by atoms with Crippen molar-refractivity contribution in [2.24, 2.45) is 0 Å². The molecule has 1 aromatic rings. The van der Waals surface area contributed by atoms with Gasteiger partial charge in [-0.2, -0.15) is 0 Å². The van der Waals surface area contributed by atoms with Crippen LogP contribution in [0.5, 0.6) is 0 Å². The van der Waals surface area contributed by atoms with E-state index < -0.39 is 6.10 Å². The van der Waals surface area contributed by atoms with Crippen LogP contribution in [0.4, 0.5) is 0 Å². The average molecular weight is 236 g/mol. The quantitative estimate of drug-likeness (QED) is 0.739. The van der Waals surface area contributed by atoms with Crippen LogP contribution in [0.2, 0.25) is 0 Å². The molecule has 0 aromatic heterocycles. The molecule has 94 valence electrons. The van der Waals surface area contributed by atoms with Crippen molar-refractivity contribution in [2.45, 2.75) is 38.7 Å². The first-order valence-corrected chi connectivity index (χ1v) is 6.10. The lowest BCUT2D eigenvalue weighted by Gasteiger charge is -2.09. The maximum Gasteiger partial charge on any atom is 0.305 e. The molecule has 0 heterocycles. The number of carbonyl (C=O) groups excluding carboxylic acids is 1. The van der Waals surface area contributed by atoms with Crippen LogP contribution in [-0.2, 0) is 16.0 Å². The topological polar surface area (TPSA) is 46.5 Å². The van der Waals surface area contributed by atoms with Gasteiger partial charge in [-0.3, -0.25) is 4.79 Å². The van der Waals surface area contributed by atoms with Crippen molar-refractivity contribution < 1.29 is 14.6 Å². The van der Waals surface area contributed by atoms with Gasteiger partial charge in [0.15, 0.2) is 0 Å². The lowest BCUT2D eigenvalue weighted by Crippen LogP contribution is -2.12. The van der Waals surface area contributed by atoms with Gasteiger partial charge in [0, 0.05) is 6.42 Å². The smallest absolute Gasteiger partial charge is 0.305 e. The van der Waals surface area contributed by atoms with Gasteiger partial charge in [-0.05, 0) is 31.7 Å². The highest BCUT2D eigenvalue weighted by Gasteiger charge is 2.08. The van der Waals surface area contributed by atoms with Crippen LogP contribution >= 0.6 is 0 Å². The number of aryl methyl sites for hydroxylation is 1. The van der Waals surface area contributed by atoms with Crippen molar-refractivity contribution in [3.63, 3.8) is 0 Å². The summed E-state index contributed by atoms with van der Waals surface area (Å²) in [6.45, 7) is 2.18. The summed E-state index contributed by atoms with van der Waals surface area (Å²) >= 11 is 0. The maximum atomic E-state index is 11.1. The van der Waals surface area contributed by atoms with Gasteiger partial charge >= 0.3 is 5.97 Å². The number of hydrogen-bond acceptors (Lipinski definition) is 3. The van der Waals surface area contributed by atoms with Gasteiger partial charge in [0.1, 0.15) is 0 Å². The summed E-state index contributed by atoms with van der Waals surface area (Å²) in [6.07, 6.45) is 1.86. The van der Waals surface area contributed by atoms with E-state index in [9.17, 15) is 9.90 Å². The van der Waals surface area contributed by atoms with E-state index >= 15 is 0 Å². The van der Waals surface area contributed by atoms with Crippen LogP contribution in [0.1, 0.15) is 31.7 Å². The number of hydrogen-bond donors (Lipinski definition) is 1. The highest BCUT2D eigenvalue weighted by molar-refractivity contribution is 5.69. The Hall–Kier alpha value is -1.35. The van der Waals surface area contributed by atoms with Gasteiger partial charge in [0.05, 0.1) is 12.7 Å². The Morgan fingerprint density at radius 2 is 2.00 bits per heavy atom. The molecular formula is C14H20O3. The summed E-state index contributed by atoms with van der Waals surface area (Å²) in [5.74, 6) is -0.230. The summed E-state index contributed by atoms with van der Waals surface area (Å²) in [4.78, 5) is 11.1. The minimum atomic E-state index is -0.431. The molecule has 0 aliphatic rings. The summed E-state index contributed by atoms with van der Waals surface area (Å²) in [5, 5.41) is 9.72. The molecule has 0 bridgehead atoms. The molecule has 17 heavy (non-hydrogen) atoms. The van der Waals surface area contributed by atoms with E-state index in [0.717, 1.165) is 6.42 Å². The molecule has 0 radical (unpaired) electrons. The predicted octanol–water partition coefficient (Wildman–Crippen LogP) is 2.32. The standard InChI is InChI=1S/C14H20O3/c1-2-17-14(16)11-10-13(15)9-8-12-6-4-3-5-7-12/h3-7,13,15H,2,8-11H2,1H3/t13-/m0/s1. The molecular weight excluding hydrogens is 216 g/mol. The van der Waals surface area contributed by atoms with Crippen LogP contribution in [-0.4, -0.2) is 23.8 Å². The summed E-state index contributed by atoms with van der Waals surface area (Å²) < 4.78 is 4.81. The second-order valence-electron chi connectivity index (χ2n) is 4.02. The molecule has 1 N–H and O–H groups in total. The van der Waals surface area contributed by atoms with Crippen LogP contribution in [0.25, 0.3) is 0 Å². The zero-order valence-electron chi connectivity index (χ0n) is 10.3. The molecule has 3 heteroatoms. The van der Waals surface area contributed by atoms with E-state index in [-0.39, 0.29) is 5.97 Å². The third kappa shape index (κ3) is 6.07. The Morgan fingerprint density at radius 1 is 1.29 bits per heavy atom. The molecule has 0 spiro atoms. The van der Waals surface area contributed by atoms with Gasteiger partial charge in [-0.15, -0.1) is 0 Å². The minimum absolute atomic E-state index is 0.230. The number of esters is 1. The van der Waals surface area contributed by atoms with Crippen LogP contribution in [0.15, 0.2) is 30.3 Å². The molecule has 0 saturated heterocycles. The molecule has 3 nitrogen and oxygen atoms in total. The Labute approximate surface area is 102 Å². The minimum Gasteiger partial charge on any atom is -0.466 e. The first-order chi connectivity index (χ1) is 8.22. The second-order valence-corrected chi connectivity index (χ2v) is 4.02. The summed E-state index contributed by atoms with van der Waals surface area (Å²) in [6, 6.07) is 10.0. The van der Waals surface area contributed by atoms with Gasteiger partial charge in [-0.1, -0.05) is 30.3 Å². The van der Waals surface area contributed by atoms with Crippen molar-refractivity contribution in [3.8, 4) is 0 Å².